The van der Waals surface area contributed by atoms with Gasteiger partial charge in [-0.05, 0) is 16.8 Å². The van der Waals surface area contributed by atoms with Crippen molar-refractivity contribution >= 4 is 10.8 Å². The highest BCUT2D eigenvalue weighted by molar-refractivity contribution is 5.94. The van der Waals surface area contributed by atoms with Gasteiger partial charge in [-0.15, -0.1) is 15.3 Å². The van der Waals surface area contributed by atoms with Crippen LogP contribution in [0.1, 0.15) is 0 Å². The van der Waals surface area contributed by atoms with Crippen LogP contribution < -0.4 is 0 Å². The highest BCUT2D eigenvalue weighted by Crippen LogP contribution is 2.29. The molecule has 2 aromatic heterocycles. The number of hydrogen-bond donors (Lipinski definition) is 1. The zero-order chi connectivity index (χ0) is 15.6. The quantitative estimate of drug-likeness (QED) is 0.621. The van der Waals surface area contributed by atoms with Gasteiger partial charge in [-0.25, -0.2) is 4.68 Å². The van der Waals surface area contributed by atoms with Gasteiger partial charge in [0, 0.05) is 5.56 Å². The SMILES string of the molecule is OCCn1cc(-c2nnc(-c3cccc4ccccc34)o2)nn1. The highest BCUT2D eigenvalue weighted by atomic mass is 16.4. The number of benzene rings is 2. The van der Waals surface area contributed by atoms with Crippen molar-refractivity contribution in [2.24, 2.45) is 0 Å². The third-order valence-corrected chi connectivity index (χ3v) is 3.53. The smallest absolute Gasteiger partial charge is 0.270 e. The molecule has 0 spiro atoms. The maximum atomic E-state index is 8.91. The van der Waals surface area contributed by atoms with Gasteiger partial charge in [-0.2, -0.15) is 0 Å². The molecule has 23 heavy (non-hydrogen) atoms. The third kappa shape index (κ3) is 2.47. The Hall–Kier alpha value is -3.06. The average molecular weight is 307 g/mol. The van der Waals surface area contributed by atoms with E-state index in [0.717, 1.165) is 16.3 Å². The van der Waals surface area contributed by atoms with E-state index in [4.69, 9.17) is 9.52 Å². The standard InChI is InChI=1S/C16H13N5O2/c22-9-8-21-10-14(17-20-21)16-19-18-15(23-16)13-7-3-5-11-4-1-2-6-12(11)13/h1-7,10,22H,8-9H2. The van der Waals surface area contributed by atoms with Crippen LogP contribution in [0.4, 0.5) is 0 Å². The Kier molecular flexibility index (Phi) is 3.32. The van der Waals surface area contributed by atoms with Crippen LogP contribution >= 0.6 is 0 Å². The number of aliphatic hydroxyl groups excluding tert-OH is 1. The minimum atomic E-state index is -0.00606. The summed E-state index contributed by atoms with van der Waals surface area (Å²) in [6, 6.07) is 14.0. The van der Waals surface area contributed by atoms with Crippen LogP contribution in [0, 0.1) is 0 Å². The molecule has 114 valence electrons. The summed E-state index contributed by atoms with van der Waals surface area (Å²) in [7, 11) is 0. The zero-order valence-electron chi connectivity index (χ0n) is 12.1. The lowest BCUT2D eigenvalue weighted by atomic mass is 10.0. The van der Waals surface area contributed by atoms with Crippen molar-refractivity contribution in [3.8, 4) is 23.0 Å². The van der Waals surface area contributed by atoms with Gasteiger partial charge in [-0.3, -0.25) is 0 Å². The monoisotopic (exact) mass is 307 g/mol. The lowest BCUT2D eigenvalue weighted by Crippen LogP contribution is -2.01. The first-order chi connectivity index (χ1) is 11.3. The summed E-state index contributed by atoms with van der Waals surface area (Å²) in [6.07, 6.45) is 1.66. The molecule has 0 atom stereocenters. The van der Waals surface area contributed by atoms with Crippen molar-refractivity contribution in [1.82, 2.24) is 25.2 Å². The van der Waals surface area contributed by atoms with Crippen LogP contribution in [-0.2, 0) is 6.54 Å². The predicted molar refractivity (Wildman–Crippen MR) is 83.3 cm³/mol. The molecular weight excluding hydrogens is 294 g/mol. The summed E-state index contributed by atoms with van der Waals surface area (Å²) >= 11 is 0. The van der Waals surface area contributed by atoms with E-state index in [1.807, 2.05) is 42.5 Å². The third-order valence-electron chi connectivity index (χ3n) is 3.53. The predicted octanol–water partition coefficient (Wildman–Crippen LogP) is 2.14. The van der Waals surface area contributed by atoms with Gasteiger partial charge in [0.1, 0.15) is 0 Å². The summed E-state index contributed by atoms with van der Waals surface area (Å²) in [4.78, 5) is 0. The Morgan fingerprint density at radius 3 is 2.70 bits per heavy atom. The molecule has 0 amide bonds. The molecule has 2 heterocycles. The summed E-state index contributed by atoms with van der Waals surface area (Å²) < 4.78 is 7.28. The molecule has 7 heteroatoms. The number of aromatic nitrogens is 5. The van der Waals surface area contributed by atoms with Crippen molar-refractivity contribution in [2.45, 2.75) is 6.54 Å². The molecule has 7 nitrogen and oxygen atoms in total. The van der Waals surface area contributed by atoms with Crippen LogP contribution in [0.3, 0.4) is 0 Å². The van der Waals surface area contributed by atoms with Gasteiger partial charge < -0.3 is 9.52 Å². The van der Waals surface area contributed by atoms with E-state index >= 15 is 0 Å². The topological polar surface area (TPSA) is 89.9 Å². The number of rotatable bonds is 4. The van der Waals surface area contributed by atoms with Crippen LogP contribution in [0.2, 0.25) is 0 Å². The second-order valence-corrected chi connectivity index (χ2v) is 5.03. The molecule has 0 aliphatic heterocycles. The van der Waals surface area contributed by atoms with Crippen LogP contribution in [0.5, 0.6) is 0 Å². The lowest BCUT2D eigenvalue weighted by Gasteiger charge is -2.01. The summed E-state index contributed by atoms with van der Waals surface area (Å²) in [6.45, 7) is 0.366. The van der Waals surface area contributed by atoms with Gasteiger partial charge in [0.2, 0.25) is 5.89 Å². The Balaban J connectivity index is 1.74. The zero-order valence-corrected chi connectivity index (χ0v) is 12.1. The largest absolute Gasteiger partial charge is 0.414 e. The van der Waals surface area contributed by atoms with Gasteiger partial charge in [0.05, 0.1) is 19.3 Å². The van der Waals surface area contributed by atoms with E-state index in [0.29, 0.717) is 24.0 Å². The van der Waals surface area contributed by atoms with Crippen molar-refractivity contribution in [3.63, 3.8) is 0 Å². The first kappa shape index (κ1) is 13.6. The lowest BCUT2D eigenvalue weighted by molar-refractivity contribution is 0.268. The molecule has 4 aromatic rings. The first-order valence-electron chi connectivity index (χ1n) is 7.18. The average Bonchev–Trinajstić information content (AvgIpc) is 3.24. The van der Waals surface area contributed by atoms with Crippen LogP contribution in [0.25, 0.3) is 33.8 Å². The molecule has 0 aliphatic carbocycles. The molecule has 0 fully saturated rings. The Morgan fingerprint density at radius 1 is 0.957 bits per heavy atom. The minimum absolute atomic E-state index is 0.00606. The Labute approximate surface area is 131 Å². The molecule has 0 aliphatic rings. The summed E-state index contributed by atoms with van der Waals surface area (Å²) in [5.74, 6) is 0.741. The van der Waals surface area contributed by atoms with Crippen molar-refractivity contribution in [2.75, 3.05) is 6.61 Å². The second-order valence-electron chi connectivity index (χ2n) is 5.03. The Morgan fingerprint density at radius 2 is 1.78 bits per heavy atom. The van der Waals surface area contributed by atoms with Crippen LogP contribution in [0.15, 0.2) is 53.1 Å². The molecule has 0 bridgehead atoms. The highest BCUT2D eigenvalue weighted by Gasteiger charge is 2.15. The van der Waals surface area contributed by atoms with Gasteiger partial charge >= 0.3 is 0 Å². The first-order valence-corrected chi connectivity index (χ1v) is 7.18. The number of fused-ring (bicyclic) bond motifs is 1. The van der Waals surface area contributed by atoms with Gasteiger partial charge in [-0.1, -0.05) is 41.6 Å². The maximum Gasteiger partial charge on any atom is 0.270 e. The molecule has 0 radical (unpaired) electrons. The fourth-order valence-electron chi connectivity index (χ4n) is 2.46. The van der Waals surface area contributed by atoms with E-state index < -0.39 is 0 Å². The van der Waals surface area contributed by atoms with Crippen molar-refractivity contribution in [1.29, 1.82) is 0 Å². The molecule has 2 aromatic carbocycles. The van der Waals surface area contributed by atoms with Gasteiger partial charge in [0.25, 0.3) is 5.89 Å². The minimum Gasteiger partial charge on any atom is -0.414 e. The van der Waals surface area contributed by atoms with E-state index in [2.05, 4.69) is 20.5 Å². The molecular formula is C16H13N5O2. The fourth-order valence-corrected chi connectivity index (χ4v) is 2.46. The fraction of sp³-hybridized carbons (Fsp3) is 0.125. The number of aliphatic hydroxyl groups is 1. The van der Waals surface area contributed by atoms with Gasteiger partial charge in [0.15, 0.2) is 5.69 Å². The number of hydrogen-bond acceptors (Lipinski definition) is 6. The second kappa shape index (κ2) is 5.62. The van der Waals surface area contributed by atoms with E-state index in [1.54, 1.807) is 6.20 Å². The molecule has 0 saturated heterocycles. The summed E-state index contributed by atoms with van der Waals surface area (Å²) in [5, 5.41) is 27.1. The van der Waals surface area contributed by atoms with E-state index in [-0.39, 0.29) is 6.61 Å². The molecule has 0 unspecified atom stereocenters. The summed E-state index contributed by atoms with van der Waals surface area (Å²) in [5.41, 5.74) is 1.36. The van der Waals surface area contributed by atoms with Crippen LogP contribution in [-0.4, -0.2) is 36.9 Å². The van der Waals surface area contributed by atoms with Crippen molar-refractivity contribution in [3.05, 3.63) is 48.7 Å². The van der Waals surface area contributed by atoms with E-state index in [9.17, 15) is 0 Å². The Bertz CT molecular complexity index is 954. The van der Waals surface area contributed by atoms with E-state index in [1.165, 1.54) is 4.68 Å². The number of nitrogens with zero attached hydrogens (tertiary/aromatic N) is 5. The molecule has 1 N–H and O–H groups in total. The maximum absolute atomic E-state index is 8.91. The normalized spacial score (nSPS) is 11.2. The van der Waals surface area contributed by atoms with Crippen molar-refractivity contribution < 1.29 is 9.52 Å². The molecule has 0 saturated carbocycles. The molecule has 4 rings (SSSR count).